The van der Waals surface area contributed by atoms with E-state index in [1.807, 2.05) is 24.3 Å². The molecule has 0 N–H and O–H groups in total. The van der Waals surface area contributed by atoms with E-state index < -0.39 is 0 Å². The second kappa shape index (κ2) is 5.40. The fraction of sp³-hybridized carbons (Fsp3) is 0.300. The predicted molar refractivity (Wildman–Crippen MR) is 58.7 cm³/mol. The molecule has 0 radical (unpaired) electrons. The molecule has 0 aliphatic heterocycles. The van der Waals surface area contributed by atoms with Crippen LogP contribution in [-0.4, -0.2) is 11.7 Å². The fourth-order valence-corrected chi connectivity index (χ4v) is 1.79. The van der Waals surface area contributed by atoms with E-state index in [4.69, 9.17) is 11.6 Å². The van der Waals surface area contributed by atoms with Crippen LogP contribution in [0, 0.1) is 0 Å². The van der Waals surface area contributed by atoms with Crippen LogP contribution in [0.3, 0.4) is 0 Å². The standard InChI is InChI=1S/C10H10BrClO/c11-7-8-3-1-2-4-9(8)10(13)5-6-12/h1-4H,5-7H2. The molecule has 13 heavy (non-hydrogen) atoms. The number of ketones is 1. The van der Waals surface area contributed by atoms with E-state index >= 15 is 0 Å². The molecule has 70 valence electrons. The van der Waals surface area contributed by atoms with Crippen molar-refractivity contribution in [2.24, 2.45) is 0 Å². The van der Waals surface area contributed by atoms with Crippen LogP contribution < -0.4 is 0 Å². The van der Waals surface area contributed by atoms with Gasteiger partial charge < -0.3 is 0 Å². The number of halogens is 2. The molecule has 0 heterocycles. The maximum Gasteiger partial charge on any atom is 0.164 e. The minimum Gasteiger partial charge on any atom is -0.294 e. The first-order chi connectivity index (χ1) is 6.29. The van der Waals surface area contributed by atoms with Crippen LogP contribution in [0.5, 0.6) is 0 Å². The minimum atomic E-state index is 0.116. The molecule has 1 nitrogen and oxygen atoms in total. The first kappa shape index (κ1) is 10.7. The lowest BCUT2D eigenvalue weighted by molar-refractivity contribution is 0.0988. The van der Waals surface area contributed by atoms with E-state index in [9.17, 15) is 4.79 Å². The Kier molecular flexibility index (Phi) is 4.46. The molecule has 0 aliphatic rings. The Labute approximate surface area is 91.2 Å². The van der Waals surface area contributed by atoms with E-state index in [0.717, 1.165) is 11.1 Å². The second-order valence-corrected chi connectivity index (χ2v) is 3.59. The van der Waals surface area contributed by atoms with Crippen LogP contribution >= 0.6 is 27.5 Å². The van der Waals surface area contributed by atoms with Crippen LogP contribution in [0.4, 0.5) is 0 Å². The van der Waals surface area contributed by atoms with Gasteiger partial charge in [-0.3, -0.25) is 4.79 Å². The van der Waals surface area contributed by atoms with Crippen molar-refractivity contribution < 1.29 is 4.79 Å². The van der Waals surface area contributed by atoms with Crippen molar-refractivity contribution in [1.29, 1.82) is 0 Å². The van der Waals surface area contributed by atoms with Crippen molar-refractivity contribution in [3.05, 3.63) is 35.4 Å². The van der Waals surface area contributed by atoms with Gasteiger partial charge >= 0.3 is 0 Å². The van der Waals surface area contributed by atoms with Gasteiger partial charge in [0.1, 0.15) is 0 Å². The summed E-state index contributed by atoms with van der Waals surface area (Å²) in [7, 11) is 0. The Morgan fingerprint density at radius 1 is 1.38 bits per heavy atom. The Morgan fingerprint density at radius 3 is 2.69 bits per heavy atom. The molecule has 0 bridgehead atoms. The van der Waals surface area contributed by atoms with Crippen LogP contribution in [0.2, 0.25) is 0 Å². The van der Waals surface area contributed by atoms with Crippen molar-refractivity contribution in [3.8, 4) is 0 Å². The number of hydrogen-bond donors (Lipinski definition) is 0. The number of carbonyl (C=O) groups is 1. The molecule has 1 rings (SSSR count). The van der Waals surface area contributed by atoms with E-state index in [1.54, 1.807) is 0 Å². The quantitative estimate of drug-likeness (QED) is 0.600. The third-order valence-electron chi connectivity index (χ3n) is 1.78. The highest BCUT2D eigenvalue weighted by molar-refractivity contribution is 9.08. The summed E-state index contributed by atoms with van der Waals surface area (Å²) in [6.07, 6.45) is 0.408. The van der Waals surface area contributed by atoms with Crippen molar-refractivity contribution >= 4 is 33.3 Å². The molecular weight excluding hydrogens is 251 g/mol. The Balaban J connectivity index is 2.92. The van der Waals surface area contributed by atoms with Gasteiger partial charge in [0, 0.05) is 23.2 Å². The molecule has 3 heteroatoms. The van der Waals surface area contributed by atoms with Gasteiger partial charge in [-0.25, -0.2) is 0 Å². The van der Waals surface area contributed by atoms with Crippen LogP contribution in [-0.2, 0) is 5.33 Å². The van der Waals surface area contributed by atoms with Crippen LogP contribution in [0.15, 0.2) is 24.3 Å². The molecule has 1 aromatic rings. The molecule has 0 fully saturated rings. The maximum absolute atomic E-state index is 11.5. The summed E-state index contributed by atoms with van der Waals surface area (Å²) in [6, 6.07) is 7.57. The molecule has 0 saturated carbocycles. The molecule has 0 aromatic heterocycles. The molecular formula is C10H10BrClO. The number of carbonyl (C=O) groups excluding carboxylic acids is 1. The highest BCUT2D eigenvalue weighted by atomic mass is 79.9. The molecule has 0 saturated heterocycles. The summed E-state index contributed by atoms with van der Waals surface area (Å²) < 4.78 is 0. The molecule has 0 amide bonds. The van der Waals surface area contributed by atoms with Crippen molar-refractivity contribution in [2.45, 2.75) is 11.8 Å². The van der Waals surface area contributed by atoms with Gasteiger partial charge in [0.2, 0.25) is 0 Å². The first-order valence-corrected chi connectivity index (χ1v) is 5.68. The smallest absolute Gasteiger partial charge is 0.164 e. The van der Waals surface area contributed by atoms with Crippen molar-refractivity contribution in [3.63, 3.8) is 0 Å². The van der Waals surface area contributed by atoms with Gasteiger partial charge in [-0.15, -0.1) is 11.6 Å². The van der Waals surface area contributed by atoms with E-state index in [-0.39, 0.29) is 5.78 Å². The van der Waals surface area contributed by atoms with Gasteiger partial charge in [0.05, 0.1) is 0 Å². The van der Waals surface area contributed by atoms with Crippen LogP contribution in [0.25, 0.3) is 0 Å². The lowest BCUT2D eigenvalue weighted by Gasteiger charge is -2.03. The third kappa shape index (κ3) is 2.82. The van der Waals surface area contributed by atoms with E-state index in [0.29, 0.717) is 17.6 Å². The molecule has 0 spiro atoms. The Hall–Kier alpha value is -0.340. The zero-order valence-electron chi connectivity index (χ0n) is 7.09. The summed E-state index contributed by atoms with van der Waals surface area (Å²) in [5, 5.41) is 0.706. The lowest BCUT2D eigenvalue weighted by atomic mass is 10.0. The highest BCUT2D eigenvalue weighted by Crippen LogP contribution is 2.14. The first-order valence-electron chi connectivity index (χ1n) is 4.02. The maximum atomic E-state index is 11.5. The van der Waals surface area contributed by atoms with Crippen molar-refractivity contribution in [1.82, 2.24) is 0 Å². The summed E-state index contributed by atoms with van der Waals surface area (Å²) in [4.78, 5) is 11.5. The predicted octanol–water partition coefficient (Wildman–Crippen LogP) is 3.39. The number of Topliss-reactive ketones (excluding diaryl/α,β-unsaturated/α-hetero) is 1. The third-order valence-corrected chi connectivity index (χ3v) is 2.58. The average molecular weight is 262 g/mol. The van der Waals surface area contributed by atoms with Gasteiger partial charge in [0.15, 0.2) is 5.78 Å². The Morgan fingerprint density at radius 2 is 2.08 bits per heavy atom. The topological polar surface area (TPSA) is 17.1 Å². The summed E-state index contributed by atoms with van der Waals surface area (Å²) >= 11 is 8.85. The largest absolute Gasteiger partial charge is 0.294 e. The van der Waals surface area contributed by atoms with Gasteiger partial charge in [-0.05, 0) is 5.56 Å². The average Bonchev–Trinajstić information content (AvgIpc) is 2.18. The Bertz CT molecular complexity index is 299. The second-order valence-electron chi connectivity index (χ2n) is 2.65. The zero-order chi connectivity index (χ0) is 9.68. The fourth-order valence-electron chi connectivity index (χ4n) is 1.13. The number of alkyl halides is 2. The summed E-state index contributed by atoms with van der Waals surface area (Å²) in [5.41, 5.74) is 1.80. The normalized spacial score (nSPS) is 10.0. The van der Waals surface area contributed by atoms with Gasteiger partial charge in [0.25, 0.3) is 0 Å². The van der Waals surface area contributed by atoms with Gasteiger partial charge in [-0.2, -0.15) is 0 Å². The number of benzene rings is 1. The molecule has 1 aromatic carbocycles. The molecule has 0 unspecified atom stereocenters. The molecule has 0 aliphatic carbocycles. The van der Waals surface area contributed by atoms with E-state index in [1.165, 1.54) is 0 Å². The summed E-state index contributed by atoms with van der Waals surface area (Å²) in [5.74, 6) is 0.500. The van der Waals surface area contributed by atoms with Crippen molar-refractivity contribution in [2.75, 3.05) is 5.88 Å². The van der Waals surface area contributed by atoms with Gasteiger partial charge in [-0.1, -0.05) is 40.2 Å². The van der Waals surface area contributed by atoms with E-state index in [2.05, 4.69) is 15.9 Å². The SMILES string of the molecule is O=C(CCCl)c1ccccc1CBr. The summed E-state index contributed by atoms with van der Waals surface area (Å²) in [6.45, 7) is 0. The zero-order valence-corrected chi connectivity index (χ0v) is 9.44. The number of hydrogen-bond acceptors (Lipinski definition) is 1. The lowest BCUT2D eigenvalue weighted by Crippen LogP contribution is -2.02. The minimum absolute atomic E-state index is 0.116. The molecule has 0 atom stereocenters. The monoisotopic (exact) mass is 260 g/mol. The van der Waals surface area contributed by atoms with Crippen LogP contribution in [0.1, 0.15) is 22.3 Å². The highest BCUT2D eigenvalue weighted by Gasteiger charge is 2.08. The number of rotatable bonds is 4.